The van der Waals surface area contributed by atoms with Crippen molar-refractivity contribution in [3.63, 3.8) is 0 Å². The fraction of sp³-hybridized carbons (Fsp3) is 0.500. The lowest BCUT2D eigenvalue weighted by atomic mass is 10.5. The SMILES string of the molecule is C/C=C(\Cl)C(OC(C)=O)OC(C)=O. The topological polar surface area (TPSA) is 52.6 Å². The minimum Gasteiger partial charge on any atom is -0.420 e. The average molecular weight is 207 g/mol. The van der Waals surface area contributed by atoms with E-state index in [9.17, 15) is 9.59 Å². The molecular formula is C8H11ClO4. The van der Waals surface area contributed by atoms with E-state index < -0.39 is 18.2 Å². The molecule has 0 fully saturated rings. The molecule has 0 aromatic heterocycles. The molecule has 0 aromatic carbocycles. The molecule has 0 saturated heterocycles. The third-order valence-electron chi connectivity index (χ3n) is 1.05. The van der Waals surface area contributed by atoms with E-state index in [0.29, 0.717) is 0 Å². The van der Waals surface area contributed by atoms with Crippen LogP contribution in [0.5, 0.6) is 0 Å². The molecule has 74 valence electrons. The summed E-state index contributed by atoms with van der Waals surface area (Å²) in [4.78, 5) is 21.1. The molecule has 0 aromatic rings. The summed E-state index contributed by atoms with van der Waals surface area (Å²) in [6.07, 6.45) is 0.361. The number of esters is 2. The van der Waals surface area contributed by atoms with Crippen molar-refractivity contribution in [1.82, 2.24) is 0 Å². The number of hydrogen-bond acceptors (Lipinski definition) is 4. The monoisotopic (exact) mass is 206 g/mol. The van der Waals surface area contributed by atoms with Crippen molar-refractivity contribution in [3.05, 3.63) is 11.1 Å². The summed E-state index contributed by atoms with van der Waals surface area (Å²) < 4.78 is 9.26. The first kappa shape index (κ1) is 12.0. The number of carbonyl (C=O) groups excluding carboxylic acids is 2. The van der Waals surface area contributed by atoms with Crippen molar-refractivity contribution in [2.75, 3.05) is 0 Å². The highest BCUT2D eigenvalue weighted by Gasteiger charge is 2.18. The van der Waals surface area contributed by atoms with Gasteiger partial charge in [-0.25, -0.2) is 0 Å². The fourth-order valence-corrected chi connectivity index (χ4v) is 0.663. The number of hydrogen-bond donors (Lipinski definition) is 0. The number of ether oxygens (including phenoxy) is 2. The molecule has 0 aliphatic rings. The standard InChI is InChI=1S/C8H11ClO4/c1-4-7(9)8(12-5(2)10)13-6(3)11/h4,8H,1-3H3/b7-4-. The van der Waals surface area contributed by atoms with E-state index in [1.165, 1.54) is 19.9 Å². The molecule has 4 nitrogen and oxygen atoms in total. The van der Waals surface area contributed by atoms with Gasteiger partial charge in [0.25, 0.3) is 6.29 Å². The average Bonchev–Trinajstić information content (AvgIpc) is 2.00. The molecule has 0 radical (unpaired) electrons. The molecule has 0 amide bonds. The van der Waals surface area contributed by atoms with E-state index in [-0.39, 0.29) is 5.03 Å². The van der Waals surface area contributed by atoms with Crippen molar-refractivity contribution in [2.24, 2.45) is 0 Å². The third kappa shape index (κ3) is 5.25. The van der Waals surface area contributed by atoms with Crippen LogP contribution in [0.4, 0.5) is 0 Å². The molecule has 0 heterocycles. The molecule has 13 heavy (non-hydrogen) atoms. The summed E-state index contributed by atoms with van der Waals surface area (Å²) in [6, 6.07) is 0. The number of rotatable bonds is 3. The van der Waals surface area contributed by atoms with Crippen LogP contribution >= 0.6 is 11.6 Å². The van der Waals surface area contributed by atoms with Crippen LogP contribution in [-0.4, -0.2) is 18.2 Å². The van der Waals surface area contributed by atoms with E-state index in [1.807, 2.05) is 0 Å². The Morgan fingerprint density at radius 2 is 1.62 bits per heavy atom. The van der Waals surface area contributed by atoms with Crippen molar-refractivity contribution >= 4 is 23.5 Å². The zero-order valence-corrected chi connectivity index (χ0v) is 8.42. The summed E-state index contributed by atoms with van der Waals surface area (Å²) in [5.41, 5.74) is 0. The number of halogens is 1. The van der Waals surface area contributed by atoms with Gasteiger partial charge in [0, 0.05) is 13.8 Å². The second-order valence-electron chi connectivity index (χ2n) is 2.22. The van der Waals surface area contributed by atoms with Gasteiger partial charge in [0.1, 0.15) is 0 Å². The van der Waals surface area contributed by atoms with Gasteiger partial charge in [0.2, 0.25) is 0 Å². The predicted molar refractivity (Wildman–Crippen MR) is 46.9 cm³/mol. The highest BCUT2D eigenvalue weighted by Crippen LogP contribution is 2.13. The molecule has 0 aliphatic carbocycles. The summed E-state index contributed by atoms with van der Waals surface area (Å²) >= 11 is 5.63. The summed E-state index contributed by atoms with van der Waals surface area (Å²) in [5, 5.41) is 0.158. The lowest BCUT2D eigenvalue weighted by molar-refractivity contribution is -0.176. The Morgan fingerprint density at radius 1 is 1.23 bits per heavy atom. The first-order chi connectivity index (χ1) is 5.97. The van der Waals surface area contributed by atoms with E-state index in [0.717, 1.165) is 0 Å². The van der Waals surface area contributed by atoms with Crippen LogP contribution < -0.4 is 0 Å². The van der Waals surface area contributed by atoms with Gasteiger partial charge in [-0.15, -0.1) is 0 Å². The first-order valence-electron chi connectivity index (χ1n) is 3.63. The van der Waals surface area contributed by atoms with E-state index in [1.54, 1.807) is 6.92 Å². The lowest BCUT2D eigenvalue weighted by Crippen LogP contribution is -2.22. The van der Waals surface area contributed by atoms with Crippen LogP contribution in [-0.2, 0) is 19.1 Å². The zero-order valence-electron chi connectivity index (χ0n) is 7.67. The molecule has 0 N–H and O–H groups in total. The van der Waals surface area contributed by atoms with Crippen molar-refractivity contribution in [2.45, 2.75) is 27.1 Å². The van der Waals surface area contributed by atoms with E-state index in [4.69, 9.17) is 11.6 Å². The summed E-state index contributed by atoms with van der Waals surface area (Å²) in [7, 11) is 0. The van der Waals surface area contributed by atoms with Crippen LogP contribution in [0.15, 0.2) is 11.1 Å². The van der Waals surface area contributed by atoms with Crippen molar-refractivity contribution < 1.29 is 19.1 Å². The number of allylic oxidation sites excluding steroid dienone is 1. The van der Waals surface area contributed by atoms with Gasteiger partial charge < -0.3 is 9.47 Å². The van der Waals surface area contributed by atoms with Gasteiger partial charge in [-0.1, -0.05) is 17.7 Å². The second kappa shape index (κ2) is 5.59. The molecule has 0 spiro atoms. The maximum absolute atomic E-state index is 10.6. The molecule has 0 bridgehead atoms. The highest BCUT2D eigenvalue weighted by atomic mass is 35.5. The van der Waals surface area contributed by atoms with Gasteiger partial charge in [-0.3, -0.25) is 9.59 Å². The smallest absolute Gasteiger partial charge is 0.306 e. The van der Waals surface area contributed by atoms with Crippen LogP contribution in [0.1, 0.15) is 20.8 Å². The highest BCUT2D eigenvalue weighted by molar-refractivity contribution is 6.30. The van der Waals surface area contributed by atoms with Gasteiger partial charge in [0.05, 0.1) is 5.03 Å². The molecule has 0 rings (SSSR count). The van der Waals surface area contributed by atoms with E-state index >= 15 is 0 Å². The quantitative estimate of drug-likeness (QED) is 0.520. The molecular weight excluding hydrogens is 196 g/mol. The van der Waals surface area contributed by atoms with Gasteiger partial charge in [-0.05, 0) is 6.92 Å². The van der Waals surface area contributed by atoms with E-state index in [2.05, 4.69) is 9.47 Å². The number of carbonyl (C=O) groups is 2. The Kier molecular flexibility index (Phi) is 5.14. The molecule has 0 atom stereocenters. The maximum atomic E-state index is 10.6. The maximum Gasteiger partial charge on any atom is 0.306 e. The molecule has 0 aliphatic heterocycles. The van der Waals surface area contributed by atoms with Crippen LogP contribution in [0.25, 0.3) is 0 Å². The Bertz CT molecular complexity index is 218. The van der Waals surface area contributed by atoms with Crippen LogP contribution in [0.2, 0.25) is 0 Å². The Balaban J connectivity index is 4.36. The lowest BCUT2D eigenvalue weighted by Gasteiger charge is -2.15. The third-order valence-corrected chi connectivity index (χ3v) is 1.44. The fourth-order valence-electron chi connectivity index (χ4n) is 0.574. The normalized spacial score (nSPS) is 11.3. The zero-order chi connectivity index (χ0) is 10.4. The Hall–Kier alpha value is -1.03. The molecule has 0 saturated carbocycles. The molecule has 0 unspecified atom stereocenters. The van der Waals surface area contributed by atoms with Gasteiger partial charge >= 0.3 is 11.9 Å². The minimum atomic E-state index is -1.12. The van der Waals surface area contributed by atoms with Crippen molar-refractivity contribution in [1.29, 1.82) is 0 Å². The second-order valence-corrected chi connectivity index (χ2v) is 2.66. The summed E-state index contributed by atoms with van der Waals surface area (Å²) in [6.45, 7) is 4.05. The van der Waals surface area contributed by atoms with Crippen LogP contribution in [0, 0.1) is 0 Å². The molecule has 5 heteroatoms. The predicted octanol–water partition coefficient (Wildman–Crippen LogP) is 1.58. The summed E-state index contributed by atoms with van der Waals surface area (Å²) in [5.74, 6) is -1.13. The first-order valence-corrected chi connectivity index (χ1v) is 4.01. The Morgan fingerprint density at radius 3 is 1.85 bits per heavy atom. The van der Waals surface area contributed by atoms with Gasteiger partial charge in [-0.2, -0.15) is 0 Å². The van der Waals surface area contributed by atoms with Crippen LogP contribution in [0.3, 0.4) is 0 Å². The largest absolute Gasteiger partial charge is 0.420 e. The van der Waals surface area contributed by atoms with Gasteiger partial charge in [0.15, 0.2) is 0 Å². The Labute approximate surface area is 81.5 Å². The van der Waals surface area contributed by atoms with Crippen molar-refractivity contribution in [3.8, 4) is 0 Å². The minimum absolute atomic E-state index is 0.158.